The number of aliphatic hydroxyl groups is 1. The first-order valence-electron chi connectivity index (χ1n) is 8.48. The van der Waals surface area contributed by atoms with Gasteiger partial charge in [0.2, 0.25) is 5.91 Å². The molecule has 2 aliphatic heterocycles. The van der Waals surface area contributed by atoms with E-state index in [9.17, 15) is 9.59 Å². The Hall–Kier alpha value is -2.48. The van der Waals surface area contributed by atoms with E-state index in [2.05, 4.69) is 10.6 Å². The van der Waals surface area contributed by atoms with Gasteiger partial charge in [0.25, 0.3) is 0 Å². The van der Waals surface area contributed by atoms with E-state index in [0.29, 0.717) is 37.7 Å². The van der Waals surface area contributed by atoms with Gasteiger partial charge in [-0.25, -0.2) is 4.79 Å². The number of nitrogens with zero attached hydrogens (tertiary/aromatic N) is 1. The number of urea groups is 1. The summed E-state index contributed by atoms with van der Waals surface area (Å²) in [5.74, 6) is 1.24. The highest BCUT2D eigenvalue weighted by Crippen LogP contribution is 2.35. The van der Waals surface area contributed by atoms with Crippen molar-refractivity contribution in [1.82, 2.24) is 10.6 Å². The van der Waals surface area contributed by atoms with Gasteiger partial charge in [-0.3, -0.25) is 4.79 Å². The zero-order valence-corrected chi connectivity index (χ0v) is 14.2. The molecule has 8 nitrogen and oxygen atoms in total. The number of fused-ring (bicyclic) bond motifs is 1. The first kappa shape index (κ1) is 17.3. The van der Waals surface area contributed by atoms with Gasteiger partial charge in [0.1, 0.15) is 13.2 Å². The normalized spacial score (nSPS) is 20.3. The largest absolute Gasteiger partial charge is 0.486 e. The van der Waals surface area contributed by atoms with Crippen molar-refractivity contribution in [1.29, 1.82) is 0 Å². The highest BCUT2D eigenvalue weighted by atomic mass is 16.6. The monoisotopic (exact) mass is 349 g/mol. The van der Waals surface area contributed by atoms with Crippen molar-refractivity contribution in [3.63, 3.8) is 0 Å². The second-order valence-corrected chi connectivity index (χ2v) is 6.14. The van der Waals surface area contributed by atoms with E-state index in [1.54, 1.807) is 17.0 Å². The Bertz CT molecular complexity index is 647. The van der Waals surface area contributed by atoms with Gasteiger partial charge in [-0.05, 0) is 18.6 Å². The van der Waals surface area contributed by atoms with Crippen molar-refractivity contribution in [2.45, 2.75) is 31.8 Å². The lowest BCUT2D eigenvalue weighted by Crippen LogP contribution is -2.48. The van der Waals surface area contributed by atoms with Gasteiger partial charge in [-0.2, -0.15) is 0 Å². The van der Waals surface area contributed by atoms with E-state index in [0.717, 1.165) is 5.69 Å². The summed E-state index contributed by atoms with van der Waals surface area (Å²) in [4.78, 5) is 25.9. The van der Waals surface area contributed by atoms with Crippen LogP contribution in [0.25, 0.3) is 0 Å². The fourth-order valence-electron chi connectivity index (χ4n) is 2.94. The van der Waals surface area contributed by atoms with E-state index >= 15 is 0 Å². The molecule has 3 N–H and O–H groups in total. The van der Waals surface area contributed by atoms with Gasteiger partial charge in [-0.1, -0.05) is 6.92 Å². The minimum absolute atomic E-state index is 0.0591. The number of nitrogens with one attached hydrogen (secondary N) is 2. The number of hydrogen-bond acceptors (Lipinski definition) is 5. The molecule has 25 heavy (non-hydrogen) atoms. The molecule has 136 valence electrons. The first-order valence-corrected chi connectivity index (χ1v) is 8.48. The van der Waals surface area contributed by atoms with Crippen molar-refractivity contribution in [2.24, 2.45) is 0 Å². The molecule has 0 radical (unpaired) electrons. The Balaban J connectivity index is 1.62. The smallest absolute Gasteiger partial charge is 0.315 e. The molecule has 2 atom stereocenters. The highest BCUT2D eigenvalue weighted by Gasteiger charge is 2.32. The van der Waals surface area contributed by atoms with Crippen LogP contribution in [0, 0.1) is 0 Å². The van der Waals surface area contributed by atoms with Crippen LogP contribution >= 0.6 is 0 Å². The molecule has 1 aromatic rings. The molecule has 0 bridgehead atoms. The quantitative estimate of drug-likeness (QED) is 0.724. The lowest BCUT2D eigenvalue weighted by Gasteiger charge is -2.22. The maximum atomic E-state index is 12.3. The molecule has 3 amide bonds. The van der Waals surface area contributed by atoms with Gasteiger partial charge in [0.05, 0.1) is 18.7 Å². The zero-order valence-electron chi connectivity index (χ0n) is 14.2. The molecule has 8 heteroatoms. The van der Waals surface area contributed by atoms with Crippen molar-refractivity contribution in [3.05, 3.63) is 18.2 Å². The number of ether oxygens (including phenoxy) is 2. The molecule has 1 saturated heterocycles. The van der Waals surface area contributed by atoms with E-state index < -0.39 is 0 Å². The summed E-state index contributed by atoms with van der Waals surface area (Å²) in [5, 5.41) is 14.6. The van der Waals surface area contributed by atoms with E-state index in [4.69, 9.17) is 14.6 Å². The van der Waals surface area contributed by atoms with Crippen molar-refractivity contribution in [2.75, 3.05) is 31.3 Å². The number of rotatable bonds is 5. The summed E-state index contributed by atoms with van der Waals surface area (Å²) < 4.78 is 11.0. The second kappa shape index (κ2) is 7.60. The number of aliphatic hydroxyl groups excluding tert-OH is 1. The van der Waals surface area contributed by atoms with Crippen LogP contribution in [0.2, 0.25) is 0 Å². The third-order valence-corrected chi connectivity index (χ3v) is 4.35. The van der Waals surface area contributed by atoms with Crippen LogP contribution in [0.1, 0.15) is 19.8 Å². The molecule has 0 aliphatic carbocycles. The lowest BCUT2D eigenvalue weighted by atomic mass is 10.2. The second-order valence-electron chi connectivity index (χ2n) is 6.14. The maximum absolute atomic E-state index is 12.3. The molecule has 0 saturated carbocycles. The molecule has 0 aromatic heterocycles. The highest BCUT2D eigenvalue weighted by molar-refractivity contribution is 5.97. The van der Waals surface area contributed by atoms with E-state index in [1.165, 1.54) is 0 Å². The summed E-state index contributed by atoms with van der Waals surface area (Å²) in [6, 6.07) is 4.45. The predicted octanol–water partition coefficient (Wildman–Crippen LogP) is 0.633. The van der Waals surface area contributed by atoms with Gasteiger partial charge in [0.15, 0.2) is 11.5 Å². The Morgan fingerprint density at radius 3 is 2.84 bits per heavy atom. The number of carbonyl (C=O) groups excluding carboxylic acids is 2. The van der Waals surface area contributed by atoms with Crippen LogP contribution in [0.3, 0.4) is 0 Å². The molecule has 1 aromatic carbocycles. The third kappa shape index (κ3) is 3.96. The molecule has 2 aliphatic rings. The number of anilines is 1. The lowest BCUT2D eigenvalue weighted by molar-refractivity contribution is -0.117. The number of hydrogen-bond donors (Lipinski definition) is 3. The van der Waals surface area contributed by atoms with Crippen LogP contribution in [-0.4, -0.2) is 55.5 Å². The van der Waals surface area contributed by atoms with Crippen molar-refractivity contribution >= 4 is 17.6 Å². The summed E-state index contributed by atoms with van der Waals surface area (Å²) >= 11 is 0. The molecule has 3 rings (SSSR count). The van der Waals surface area contributed by atoms with Gasteiger partial charge < -0.3 is 30.1 Å². The summed E-state index contributed by atoms with van der Waals surface area (Å²) in [6.07, 6.45) is 0.870. The van der Waals surface area contributed by atoms with Crippen molar-refractivity contribution < 1.29 is 24.2 Å². The van der Waals surface area contributed by atoms with Gasteiger partial charge in [-0.15, -0.1) is 0 Å². The molecular weight excluding hydrogens is 326 g/mol. The topological polar surface area (TPSA) is 100 Å². The van der Waals surface area contributed by atoms with Crippen LogP contribution < -0.4 is 25.0 Å². The number of amides is 3. The summed E-state index contributed by atoms with van der Waals surface area (Å²) in [6.45, 7) is 3.16. The summed E-state index contributed by atoms with van der Waals surface area (Å²) in [7, 11) is 0. The molecular formula is C17H23N3O5. The fraction of sp³-hybridized carbons (Fsp3) is 0.529. The van der Waals surface area contributed by atoms with Gasteiger partial charge >= 0.3 is 6.03 Å². The van der Waals surface area contributed by atoms with E-state index in [1.807, 2.05) is 13.0 Å². The van der Waals surface area contributed by atoms with Crippen molar-refractivity contribution in [3.8, 4) is 11.5 Å². The van der Waals surface area contributed by atoms with Crippen LogP contribution in [-0.2, 0) is 4.79 Å². The van der Waals surface area contributed by atoms with Crippen LogP contribution in [0.5, 0.6) is 11.5 Å². The minimum Gasteiger partial charge on any atom is -0.486 e. The summed E-state index contributed by atoms with van der Waals surface area (Å²) in [5.41, 5.74) is 0.723. The molecule has 2 heterocycles. The van der Waals surface area contributed by atoms with Crippen LogP contribution in [0.4, 0.5) is 10.5 Å². The minimum atomic E-state index is -0.372. The van der Waals surface area contributed by atoms with Crippen LogP contribution in [0.15, 0.2) is 18.2 Å². The Kier molecular flexibility index (Phi) is 5.28. The zero-order chi connectivity index (χ0) is 17.8. The SMILES string of the molecule is CC[C@@H](CO)NC(=O)N[C@H]1CC(=O)N(c2ccc3c(c2)OCCO3)C1. The predicted molar refractivity (Wildman–Crippen MR) is 91.0 cm³/mol. The Labute approximate surface area is 146 Å². The fourth-order valence-corrected chi connectivity index (χ4v) is 2.94. The van der Waals surface area contributed by atoms with Gasteiger partial charge in [0, 0.05) is 24.7 Å². The average molecular weight is 349 g/mol. The first-order chi connectivity index (χ1) is 12.1. The van der Waals surface area contributed by atoms with E-state index in [-0.39, 0.29) is 37.0 Å². The average Bonchev–Trinajstić information content (AvgIpc) is 2.99. The maximum Gasteiger partial charge on any atom is 0.315 e. The molecule has 0 unspecified atom stereocenters. The number of benzene rings is 1. The Morgan fingerprint density at radius 1 is 1.36 bits per heavy atom. The standard InChI is InChI=1S/C17H23N3O5/c1-2-11(10-21)18-17(23)19-12-7-16(22)20(9-12)13-3-4-14-15(8-13)25-6-5-24-14/h3-4,8,11-12,21H,2,5-7,9-10H2,1H3,(H2,18,19,23)/t11-,12-/m0/s1. The molecule has 0 spiro atoms. The molecule has 1 fully saturated rings. The Morgan fingerprint density at radius 2 is 2.12 bits per heavy atom. The number of carbonyl (C=O) groups is 2. The third-order valence-electron chi connectivity index (χ3n) is 4.35.